The van der Waals surface area contributed by atoms with Crippen LogP contribution in [0.25, 0.3) is 0 Å². The smallest absolute Gasteiger partial charge is 0.266 e. The van der Waals surface area contributed by atoms with Gasteiger partial charge in [0.25, 0.3) is 5.91 Å². The maximum Gasteiger partial charge on any atom is 0.266 e. The highest BCUT2D eigenvalue weighted by atomic mass is 32.2. The molecule has 0 unspecified atom stereocenters. The number of aromatic nitrogens is 2. The molecule has 1 amide bonds. The number of para-hydroxylation sites is 1. The lowest BCUT2D eigenvalue weighted by Crippen LogP contribution is -2.30. The van der Waals surface area contributed by atoms with Crippen LogP contribution in [0.15, 0.2) is 41.3 Å². The van der Waals surface area contributed by atoms with E-state index in [2.05, 4.69) is 35.9 Å². The Labute approximate surface area is 150 Å². The Balaban J connectivity index is 1.97. The van der Waals surface area contributed by atoms with Crippen molar-refractivity contribution in [2.24, 2.45) is 0 Å². The average molecular weight is 364 g/mol. The van der Waals surface area contributed by atoms with E-state index in [9.17, 15) is 4.79 Å². The number of nitrogens with zero attached hydrogens (tertiary/aromatic N) is 2. The summed E-state index contributed by atoms with van der Waals surface area (Å²) in [5.74, 6) is 1.57. The molecule has 0 saturated heterocycles. The van der Waals surface area contributed by atoms with E-state index in [-0.39, 0.29) is 5.91 Å². The van der Waals surface area contributed by atoms with Crippen LogP contribution in [0, 0.1) is 0 Å². The normalized spacial score (nSPS) is 12.0. The van der Waals surface area contributed by atoms with E-state index in [0.717, 1.165) is 21.4 Å². The zero-order valence-corrected chi connectivity index (χ0v) is 15.6. The molecular weight excluding hydrogens is 342 g/mol. The highest BCUT2D eigenvalue weighted by Gasteiger charge is 2.19. The van der Waals surface area contributed by atoms with Crippen molar-refractivity contribution >= 4 is 34.1 Å². The molecule has 1 aromatic heterocycles. The number of hydrogen-bond acceptors (Lipinski definition) is 6. The fraction of sp³-hybridized carbons (Fsp3) is 0.353. The number of hydrogen-bond donors (Lipinski definition) is 1. The minimum atomic E-state index is -0.627. The number of nitrogens with one attached hydrogen (secondary N) is 1. The van der Waals surface area contributed by atoms with Crippen LogP contribution in [-0.4, -0.2) is 28.0 Å². The number of thioether (sulfide) groups is 1. The number of anilines is 1. The fourth-order valence-corrected chi connectivity index (χ4v) is 3.48. The van der Waals surface area contributed by atoms with Crippen LogP contribution >= 0.6 is 23.1 Å². The van der Waals surface area contributed by atoms with Crippen LogP contribution < -0.4 is 10.1 Å². The fourth-order valence-electron chi connectivity index (χ4n) is 1.96. The van der Waals surface area contributed by atoms with Gasteiger partial charge in [-0.25, -0.2) is 0 Å². The minimum absolute atomic E-state index is 0.245. The van der Waals surface area contributed by atoms with Crippen molar-refractivity contribution in [3.8, 4) is 5.75 Å². The number of amides is 1. The van der Waals surface area contributed by atoms with E-state index >= 15 is 0 Å². The Morgan fingerprint density at radius 3 is 2.83 bits per heavy atom. The van der Waals surface area contributed by atoms with Crippen LogP contribution in [0.5, 0.6) is 5.75 Å². The molecule has 1 atom stereocenters. The monoisotopic (exact) mass is 363 g/mol. The van der Waals surface area contributed by atoms with Gasteiger partial charge in [-0.15, -0.1) is 16.8 Å². The maximum atomic E-state index is 12.3. The van der Waals surface area contributed by atoms with Crippen molar-refractivity contribution in [2.45, 2.75) is 37.1 Å². The van der Waals surface area contributed by atoms with Gasteiger partial charge in [-0.1, -0.05) is 61.2 Å². The lowest BCUT2D eigenvalue weighted by atomic mass is 10.0. The molecule has 2 rings (SSSR count). The van der Waals surface area contributed by atoms with Gasteiger partial charge in [0.1, 0.15) is 5.75 Å². The Kier molecular flexibility index (Phi) is 6.81. The predicted molar refractivity (Wildman–Crippen MR) is 100 cm³/mol. The summed E-state index contributed by atoms with van der Waals surface area (Å²) in [5, 5.41) is 11.2. The maximum absolute atomic E-state index is 12.3. The molecular formula is C17H21N3O2S2. The highest BCUT2D eigenvalue weighted by Crippen LogP contribution is 2.28. The van der Waals surface area contributed by atoms with Gasteiger partial charge < -0.3 is 4.74 Å². The van der Waals surface area contributed by atoms with Crippen molar-refractivity contribution in [2.75, 3.05) is 11.1 Å². The topological polar surface area (TPSA) is 64.1 Å². The molecule has 0 spiro atoms. The standard InChI is InChI=1S/C17H21N3O2S2/c1-5-10-23-17-20-19-16(24-17)18-15(21)12(4)22-14-9-7-6-8-13(14)11(2)3/h5-9,11-12H,1,10H2,2-4H3,(H,18,19,21)/t12-/m0/s1. The van der Waals surface area contributed by atoms with Crippen LogP contribution in [0.3, 0.4) is 0 Å². The van der Waals surface area contributed by atoms with Gasteiger partial charge >= 0.3 is 0 Å². The Morgan fingerprint density at radius 2 is 2.12 bits per heavy atom. The van der Waals surface area contributed by atoms with Crippen molar-refractivity contribution in [3.05, 3.63) is 42.5 Å². The van der Waals surface area contributed by atoms with Crippen molar-refractivity contribution in [3.63, 3.8) is 0 Å². The number of benzene rings is 1. The van der Waals surface area contributed by atoms with Crippen molar-refractivity contribution in [1.29, 1.82) is 0 Å². The molecule has 1 aromatic carbocycles. The molecule has 1 heterocycles. The summed E-state index contributed by atoms with van der Waals surface area (Å²) in [4.78, 5) is 12.3. The van der Waals surface area contributed by atoms with Crippen LogP contribution in [-0.2, 0) is 4.79 Å². The predicted octanol–water partition coefficient (Wildman–Crippen LogP) is 4.35. The summed E-state index contributed by atoms with van der Waals surface area (Å²) in [7, 11) is 0. The van der Waals surface area contributed by atoms with Gasteiger partial charge in [0, 0.05) is 5.75 Å². The van der Waals surface area contributed by atoms with Crippen molar-refractivity contribution in [1.82, 2.24) is 10.2 Å². The first-order valence-electron chi connectivity index (χ1n) is 7.65. The Hall–Kier alpha value is -1.86. The molecule has 0 fully saturated rings. The molecule has 1 N–H and O–H groups in total. The van der Waals surface area contributed by atoms with Gasteiger partial charge in [0.05, 0.1) is 0 Å². The first-order chi connectivity index (χ1) is 11.5. The third kappa shape index (κ3) is 5.07. The lowest BCUT2D eigenvalue weighted by Gasteiger charge is -2.18. The first-order valence-corrected chi connectivity index (χ1v) is 9.45. The molecule has 0 radical (unpaired) electrons. The lowest BCUT2D eigenvalue weighted by molar-refractivity contribution is -0.122. The van der Waals surface area contributed by atoms with E-state index in [1.54, 1.807) is 13.0 Å². The van der Waals surface area contributed by atoms with Crippen LogP contribution in [0.2, 0.25) is 0 Å². The van der Waals surface area contributed by atoms with E-state index in [1.165, 1.54) is 23.1 Å². The largest absolute Gasteiger partial charge is 0.481 e. The summed E-state index contributed by atoms with van der Waals surface area (Å²) in [6.45, 7) is 9.57. The molecule has 5 nitrogen and oxygen atoms in total. The summed E-state index contributed by atoms with van der Waals surface area (Å²) in [6.07, 6.45) is 1.17. The number of rotatable bonds is 8. The summed E-state index contributed by atoms with van der Waals surface area (Å²) < 4.78 is 6.63. The van der Waals surface area contributed by atoms with E-state index < -0.39 is 6.10 Å². The number of carbonyl (C=O) groups is 1. The van der Waals surface area contributed by atoms with Gasteiger partial charge in [-0.3, -0.25) is 10.1 Å². The van der Waals surface area contributed by atoms with Crippen molar-refractivity contribution < 1.29 is 9.53 Å². The third-order valence-electron chi connectivity index (χ3n) is 3.18. The Bertz CT molecular complexity index is 701. The molecule has 0 bridgehead atoms. The second-order valence-corrected chi connectivity index (χ2v) is 7.66. The molecule has 128 valence electrons. The van der Waals surface area contributed by atoms with E-state index in [0.29, 0.717) is 11.0 Å². The number of carbonyl (C=O) groups excluding carboxylic acids is 1. The average Bonchev–Trinajstić information content (AvgIpc) is 3.00. The van der Waals surface area contributed by atoms with E-state index in [4.69, 9.17) is 4.74 Å². The number of ether oxygens (including phenoxy) is 1. The molecule has 7 heteroatoms. The molecule has 0 aliphatic carbocycles. The van der Waals surface area contributed by atoms with Gasteiger partial charge in [-0.2, -0.15) is 0 Å². The minimum Gasteiger partial charge on any atom is -0.481 e. The quantitative estimate of drug-likeness (QED) is 0.429. The van der Waals surface area contributed by atoms with Gasteiger partial charge in [0.2, 0.25) is 5.13 Å². The molecule has 0 aliphatic rings. The van der Waals surface area contributed by atoms with Gasteiger partial charge in [0.15, 0.2) is 10.4 Å². The Morgan fingerprint density at radius 1 is 1.38 bits per heavy atom. The molecule has 0 saturated carbocycles. The van der Waals surface area contributed by atoms with Crippen LogP contribution in [0.1, 0.15) is 32.3 Å². The zero-order chi connectivity index (χ0) is 17.5. The molecule has 24 heavy (non-hydrogen) atoms. The van der Waals surface area contributed by atoms with Gasteiger partial charge in [-0.05, 0) is 24.5 Å². The SMILES string of the molecule is C=CCSc1nnc(NC(=O)[C@H](C)Oc2ccccc2C(C)C)s1. The second-order valence-electron chi connectivity index (χ2n) is 5.41. The zero-order valence-electron chi connectivity index (χ0n) is 14.0. The third-order valence-corrected chi connectivity index (χ3v) is 5.14. The highest BCUT2D eigenvalue weighted by molar-refractivity contribution is 8.01. The summed E-state index contributed by atoms with van der Waals surface area (Å²) >= 11 is 2.87. The summed E-state index contributed by atoms with van der Waals surface area (Å²) in [6, 6.07) is 7.77. The summed E-state index contributed by atoms with van der Waals surface area (Å²) in [5.41, 5.74) is 1.08. The molecule has 0 aliphatic heterocycles. The van der Waals surface area contributed by atoms with Crippen LogP contribution in [0.4, 0.5) is 5.13 Å². The molecule has 2 aromatic rings. The van der Waals surface area contributed by atoms with E-state index in [1.807, 2.05) is 24.3 Å². The first kappa shape index (κ1) is 18.5. The second kappa shape index (κ2) is 8.84.